The number of rotatable bonds is 2. The van der Waals surface area contributed by atoms with Gasteiger partial charge in [-0.3, -0.25) is 4.79 Å². The Bertz CT molecular complexity index is 546. The molecule has 2 amide bonds. The molecule has 1 fully saturated rings. The highest BCUT2D eigenvalue weighted by Crippen LogP contribution is 2.31. The molecule has 5 nitrogen and oxygen atoms in total. The summed E-state index contributed by atoms with van der Waals surface area (Å²) in [7, 11) is 0. The van der Waals surface area contributed by atoms with Crippen molar-refractivity contribution in [3.05, 3.63) is 29.0 Å². The van der Waals surface area contributed by atoms with E-state index in [1.165, 1.54) is 23.1 Å². The van der Waals surface area contributed by atoms with Crippen LogP contribution in [0, 0.1) is 11.2 Å². The standard InChI is InChI=1S/C13H14ClFN2O3/c1-13(11(18)19)5-6-17(7-13)12(20)16-10-8(14)3-2-4-9(10)15/h2-4H,5-7H2,1H3,(H,16,20)(H,18,19). The normalized spacial score (nSPS) is 21.9. The quantitative estimate of drug-likeness (QED) is 0.882. The Hall–Kier alpha value is -1.82. The summed E-state index contributed by atoms with van der Waals surface area (Å²) in [5.74, 6) is -1.58. The molecular weight excluding hydrogens is 287 g/mol. The van der Waals surface area contributed by atoms with Crippen molar-refractivity contribution in [2.45, 2.75) is 13.3 Å². The first kappa shape index (κ1) is 14.6. The van der Waals surface area contributed by atoms with Gasteiger partial charge in [0.05, 0.1) is 16.1 Å². The van der Waals surface area contributed by atoms with Gasteiger partial charge in [0.15, 0.2) is 0 Å². The Morgan fingerprint density at radius 3 is 2.75 bits per heavy atom. The number of anilines is 1. The Balaban J connectivity index is 2.09. The molecule has 2 N–H and O–H groups in total. The van der Waals surface area contributed by atoms with Crippen molar-refractivity contribution in [3.63, 3.8) is 0 Å². The fraction of sp³-hybridized carbons (Fsp3) is 0.385. The van der Waals surface area contributed by atoms with Crippen LogP contribution in [0.4, 0.5) is 14.9 Å². The van der Waals surface area contributed by atoms with Crippen LogP contribution >= 0.6 is 11.6 Å². The molecule has 1 atom stereocenters. The van der Waals surface area contributed by atoms with Crippen LogP contribution in [0.15, 0.2) is 18.2 Å². The van der Waals surface area contributed by atoms with E-state index in [9.17, 15) is 14.0 Å². The zero-order chi connectivity index (χ0) is 14.9. The van der Waals surface area contributed by atoms with Crippen LogP contribution in [0.25, 0.3) is 0 Å². The molecule has 1 aliphatic heterocycles. The maximum Gasteiger partial charge on any atom is 0.321 e. The van der Waals surface area contributed by atoms with E-state index in [0.717, 1.165) is 0 Å². The second kappa shape index (κ2) is 5.28. The molecule has 0 aromatic heterocycles. The molecule has 1 heterocycles. The number of likely N-dealkylation sites (tertiary alicyclic amines) is 1. The van der Waals surface area contributed by atoms with Gasteiger partial charge in [-0.25, -0.2) is 9.18 Å². The molecule has 1 unspecified atom stereocenters. The van der Waals surface area contributed by atoms with Gasteiger partial charge in [-0.2, -0.15) is 0 Å². The summed E-state index contributed by atoms with van der Waals surface area (Å²) < 4.78 is 13.6. The van der Waals surface area contributed by atoms with E-state index >= 15 is 0 Å². The number of halogens is 2. The number of benzene rings is 1. The minimum absolute atomic E-state index is 0.0836. The van der Waals surface area contributed by atoms with Crippen LogP contribution in [-0.4, -0.2) is 35.1 Å². The molecule has 1 aliphatic rings. The smallest absolute Gasteiger partial charge is 0.321 e. The van der Waals surface area contributed by atoms with Crippen molar-refractivity contribution < 1.29 is 19.1 Å². The van der Waals surface area contributed by atoms with Gasteiger partial charge in [-0.15, -0.1) is 0 Å². The summed E-state index contributed by atoms with van der Waals surface area (Å²) in [6, 6.07) is 3.53. The highest BCUT2D eigenvalue weighted by atomic mass is 35.5. The number of urea groups is 1. The average Bonchev–Trinajstić information content (AvgIpc) is 2.78. The SMILES string of the molecule is CC1(C(=O)O)CCN(C(=O)Nc2c(F)cccc2Cl)C1. The topological polar surface area (TPSA) is 69.6 Å². The third-order valence-electron chi connectivity index (χ3n) is 3.47. The molecule has 0 aliphatic carbocycles. The Labute approximate surface area is 120 Å². The van der Waals surface area contributed by atoms with Crippen molar-refractivity contribution in [2.75, 3.05) is 18.4 Å². The van der Waals surface area contributed by atoms with Gasteiger partial charge >= 0.3 is 12.0 Å². The van der Waals surface area contributed by atoms with E-state index in [1.54, 1.807) is 6.92 Å². The number of hydrogen-bond acceptors (Lipinski definition) is 2. The first-order chi connectivity index (χ1) is 9.33. The number of hydrogen-bond donors (Lipinski definition) is 2. The van der Waals surface area contributed by atoms with Crippen molar-refractivity contribution in [1.82, 2.24) is 4.90 Å². The van der Waals surface area contributed by atoms with E-state index in [4.69, 9.17) is 16.7 Å². The molecule has 7 heteroatoms. The zero-order valence-corrected chi connectivity index (χ0v) is 11.6. The number of carbonyl (C=O) groups is 2. The molecule has 0 bridgehead atoms. The van der Waals surface area contributed by atoms with Crippen molar-refractivity contribution >= 4 is 29.3 Å². The highest BCUT2D eigenvalue weighted by molar-refractivity contribution is 6.33. The molecule has 0 radical (unpaired) electrons. The van der Waals surface area contributed by atoms with E-state index in [-0.39, 0.29) is 17.3 Å². The van der Waals surface area contributed by atoms with E-state index in [1.807, 2.05) is 0 Å². The predicted molar refractivity (Wildman–Crippen MR) is 72.4 cm³/mol. The van der Waals surface area contributed by atoms with Gasteiger partial charge in [0.25, 0.3) is 0 Å². The summed E-state index contributed by atoms with van der Waals surface area (Å²) in [4.78, 5) is 24.5. The van der Waals surface area contributed by atoms with Gasteiger partial charge < -0.3 is 15.3 Å². The fourth-order valence-corrected chi connectivity index (χ4v) is 2.32. The van der Waals surface area contributed by atoms with E-state index < -0.39 is 23.2 Å². The molecule has 2 rings (SSSR count). The van der Waals surface area contributed by atoms with E-state index in [2.05, 4.69) is 5.32 Å². The molecule has 1 saturated heterocycles. The zero-order valence-electron chi connectivity index (χ0n) is 10.8. The molecule has 108 valence electrons. The third kappa shape index (κ3) is 2.70. The Morgan fingerprint density at radius 2 is 2.20 bits per heavy atom. The van der Waals surface area contributed by atoms with Crippen LogP contribution in [0.2, 0.25) is 5.02 Å². The number of nitrogens with zero attached hydrogens (tertiary/aromatic N) is 1. The first-order valence-electron chi connectivity index (χ1n) is 6.07. The lowest BCUT2D eigenvalue weighted by Crippen LogP contribution is -2.37. The highest BCUT2D eigenvalue weighted by Gasteiger charge is 2.42. The molecule has 20 heavy (non-hydrogen) atoms. The molecule has 0 saturated carbocycles. The summed E-state index contributed by atoms with van der Waals surface area (Å²) >= 11 is 5.82. The second-order valence-electron chi connectivity index (χ2n) is 5.06. The van der Waals surface area contributed by atoms with Gasteiger partial charge in [-0.05, 0) is 25.5 Å². The largest absolute Gasteiger partial charge is 0.481 e. The fourth-order valence-electron chi connectivity index (χ4n) is 2.11. The lowest BCUT2D eigenvalue weighted by Gasteiger charge is -2.21. The minimum atomic E-state index is -0.962. The Kier molecular flexibility index (Phi) is 3.85. The number of carboxylic acid groups (broad SMARTS) is 1. The Morgan fingerprint density at radius 1 is 1.50 bits per heavy atom. The number of carboxylic acids is 1. The van der Waals surface area contributed by atoms with Crippen LogP contribution < -0.4 is 5.32 Å². The lowest BCUT2D eigenvalue weighted by atomic mass is 9.90. The predicted octanol–water partition coefficient (Wildman–Crippen LogP) is 2.81. The molecular formula is C13H14ClFN2O3. The van der Waals surface area contributed by atoms with Gasteiger partial charge in [0, 0.05) is 13.1 Å². The summed E-state index contributed by atoms with van der Waals surface area (Å²) in [6.45, 7) is 1.97. The number of aliphatic carboxylic acids is 1. The van der Waals surface area contributed by atoms with Crippen LogP contribution in [0.1, 0.15) is 13.3 Å². The first-order valence-corrected chi connectivity index (χ1v) is 6.44. The van der Waals surface area contributed by atoms with Gasteiger partial charge in [0.2, 0.25) is 0 Å². The van der Waals surface area contributed by atoms with E-state index in [0.29, 0.717) is 13.0 Å². The van der Waals surface area contributed by atoms with Crippen molar-refractivity contribution in [2.24, 2.45) is 5.41 Å². The summed E-state index contributed by atoms with van der Waals surface area (Å²) in [5, 5.41) is 11.6. The number of para-hydroxylation sites is 1. The number of carbonyl (C=O) groups excluding carboxylic acids is 1. The number of amides is 2. The van der Waals surface area contributed by atoms with Crippen LogP contribution in [0.3, 0.4) is 0 Å². The van der Waals surface area contributed by atoms with Gasteiger partial charge in [-0.1, -0.05) is 17.7 Å². The lowest BCUT2D eigenvalue weighted by molar-refractivity contribution is -0.146. The molecule has 0 spiro atoms. The van der Waals surface area contributed by atoms with Crippen LogP contribution in [-0.2, 0) is 4.79 Å². The second-order valence-corrected chi connectivity index (χ2v) is 5.47. The van der Waals surface area contributed by atoms with Gasteiger partial charge in [0.1, 0.15) is 5.82 Å². The molecule has 1 aromatic rings. The maximum atomic E-state index is 13.6. The number of nitrogens with one attached hydrogen (secondary N) is 1. The molecule has 1 aromatic carbocycles. The van der Waals surface area contributed by atoms with Crippen molar-refractivity contribution in [3.8, 4) is 0 Å². The summed E-state index contributed by atoms with van der Waals surface area (Å²) in [6.07, 6.45) is 0.362. The monoisotopic (exact) mass is 300 g/mol. The van der Waals surface area contributed by atoms with Crippen molar-refractivity contribution in [1.29, 1.82) is 0 Å². The summed E-state index contributed by atoms with van der Waals surface area (Å²) in [5.41, 5.74) is -1.06. The van der Waals surface area contributed by atoms with Crippen LogP contribution in [0.5, 0.6) is 0 Å². The maximum absolute atomic E-state index is 13.6. The average molecular weight is 301 g/mol. The third-order valence-corrected chi connectivity index (χ3v) is 3.79. The minimum Gasteiger partial charge on any atom is -0.481 e.